The number of piperidine rings is 1. The summed E-state index contributed by atoms with van der Waals surface area (Å²) < 4.78 is 0. The highest BCUT2D eigenvalue weighted by molar-refractivity contribution is 5.86. The summed E-state index contributed by atoms with van der Waals surface area (Å²) in [6.07, 6.45) is 5.79. The molecule has 1 saturated heterocycles. The number of fused-ring (bicyclic) bond motifs is 1. The first-order valence-corrected chi connectivity index (χ1v) is 5.69. The summed E-state index contributed by atoms with van der Waals surface area (Å²) in [6, 6.07) is 2.54. The topological polar surface area (TPSA) is 65.6 Å². The molecule has 5 nitrogen and oxygen atoms in total. The van der Waals surface area contributed by atoms with Crippen molar-refractivity contribution in [2.24, 2.45) is 0 Å². The molecule has 0 saturated carbocycles. The Morgan fingerprint density at radius 1 is 1.25 bits per heavy atom. The number of rotatable bonds is 2. The summed E-state index contributed by atoms with van der Waals surface area (Å²) in [5.41, 5.74) is 0.895. The highest BCUT2D eigenvalue weighted by atomic mass is 15.1. The van der Waals surface area contributed by atoms with Crippen molar-refractivity contribution in [2.75, 3.05) is 18.4 Å². The summed E-state index contributed by atoms with van der Waals surface area (Å²) in [7, 11) is 0. The van der Waals surface area contributed by atoms with Crippen LogP contribution in [0.3, 0.4) is 0 Å². The summed E-state index contributed by atoms with van der Waals surface area (Å²) in [5, 5.41) is 7.92. The van der Waals surface area contributed by atoms with E-state index in [4.69, 9.17) is 0 Å². The molecule has 3 rings (SSSR count). The van der Waals surface area contributed by atoms with Crippen LogP contribution in [-0.4, -0.2) is 34.1 Å². The average Bonchev–Trinajstić information content (AvgIpc) is 2.80. The first kappa shape index (κ1) is 9.59. The molecule has 0 amide bonds. The lowest BCUT2D eigenvalue weighted by molar-refractivity contribution is 0.478. The quantitative estimate of drug-likeness (QED) is 0.705. The predicted molar refractivity (Wildman–Crippen MR) is 63.4 cm³/mol. The van der Waals surface area contributed by atoms with Gasteiger partial charge in [0.25, 0.3) is 0 Å². The summed E-state index contributed by atoms with van der Waals surface area (Å²) in [6.45, 7) is 2.16. The Labute approximate surface area is 93.7 Å². The highest BCUT2D eigenvalue weighted by Crippen LogP contribution is 2.19. The van der Waals surface area contributed by atoms with Crippen LogP contribution < -0.4 is 10.6 Å². The lowest BCUT2D eigenvalue weighted by Gasteiger charge is -2.24. The van der Waals surface area contributed by atoms with E-state index in [1.54, 1.807) is 6.33 Å². The fourth-order valence-corrected chi connectivity index (χ4v) is 2.15. The van der Waals surface area contributed by atoms with Gasteiger partial charge >= 0.3 is 0 Å². The van der Waals surface area contributed by atoms with Gasteiger partial charge in [0.2, 0.25) is 0 Å². The second-order valence-corrected chi connectivity index (χ2v) is 4.13. The van der Waals surface area contributed by atoms with Crippen LogP contribution in [0.2, 0.25) is 0 Å². The van der Waals surface area contributed by atoms with Gasteiger partial charge in [-0.05, 0) is 32.0 Å². The molecule has 0 spiro atoms. The predicted octanol–water partition coefficient (Wildman–Crippen LogP) is 1.12. The number of hydrogen-bond donors (Lipinski definition) is 3. The Bertz CT molecular complexity index is 472. The maximum absolute atomic E-state index is 4.31. The lowest BCUT2D eigenvalue weighted by Crippen LogP contribution is -2.35. The Kier molecular flexibility index (Phi) is 2.46. The molecule has 1 aliphatic heterocycles. The second-order valence-electron chi connectivity index (χ2n) is 4.13. The number of aromatic nitrogens is 3. The minimum Gasteiger partial charge on any atom is -0.367 e. The van der Waals surface area contributed by atoms with Gasteiger partial charge < -0.3 is 15.6 Å². The molecule has 0 aliphatic carbocycles. The van der Waals surface area contributed by atoms with Crippen LogP contribution >= 0.6 is 0 Å². The van der Waals surface area contributed by atoms with E-state index >= 15 is 0 Å². The third-order valence-corrected chi connectivity index (χ3v) is 3.03. The van der Waals surface area contributed by atoms with Gasteiger partial charge in [0.05, 0.1) is 5.39 Å². The molecule has 1 fully saturated rings. The van der Waals surface area contributed by atoms with Gasteiger partial charge in [-0.3, -0.25) is 0 Å². The molecule has 3 heterocycles. The maximum atomic E-state index is 4.31. The molecule has 0 radical (unpaired) electrons. The minimum atomic E-state index is 0.522. The molecule has 0 unspecified atom stereocenters. The molecule has 84 valence electrons. The molecule has 16 heavy (non-hydrogen) atoms. The molecule has 0 bridgehead atoms. The fourth-order valence-electron chi connectivity index (χ4n) is 2.15. The minimum absolute atomic E-state index is 0.522. The normalized spacial score (nSPS) is 17.8. The van der Waals surface area contributed by atoms with E-state index in [1.165, 1.54) is 0 Å². The molecule has 0 aromatic carbocycles. The van der Waals surface area contributed by atoms with Gasteiger partial charge in [-0.1, -0.05) is 0 Å². The van der Waals surface area contributed by atoms with Crippen LogP contribution in [0.4, 0.5) is 5.82 Å². The smallest absolute Gasteiger partial charge is 0.142 e. The zero-order valence-corrected chi connectivity index (χ0v) is 9.03. The van der Waals surface area contributed by atoms with Crippen molar-refractivity contribution in [3.05, 3.63) is 18.6 Å². The molecule has 1 aliphatic rings. The van der Waals surface area contributed by atoms with Crippen molar-refractivity contribution >= 4 is 16.9 Å². The van der Waals surface area contributed by atoms with E-state index < -0.39 is 0 Å². The monoisotopic (exact) mass is 217 g/mol. The Morgan fingerprint density at radius 3 is 3.00 bits per heavy atom. The average molecular weight is 217 g/mol. The number of nitrogens with one attached hydrogen (secondary N) is 3. The molecule has 2 aromatic heterocycles. The molecule has 0 atom stereocenters. The van der Waals surface area contributed by atoms with Gasteiger partial charge in [-0.2, -0.15) is 0 Å². The van der Waals surface area contributed by atoms with Crippen molar-refractivity contribution < 1.29 is 0 Å². The van der Waals surface area contributed by atoms with E-state index in [0.29, 0.717) is 6.04 Å². The largest absolute Gasteiger partial charge is 0.367 e. The van der Waals surface area contributed by atoms with Crippen LogP contribution in [0.5, 0.6) is 0 Å². The number of H-pyrrole nitrogens is 1. The first-order chi connectivity index (χ1) is 7.93. The zero-order valence-electron chi connectivity index (χ0n) is 9.03. The Morgan fingerprint density at radius 2 is 2.12 bits per heavy atom. The van der Waals surface area contributed by atoms with Crippen molar-refractivity contribution in [2.45, 2.75) is 18.9 Å². The second kappa shape index (κ2) is 4.09. The molecule has 5 heteroatoms. The third kappa shape index (κ3) is 1.74. The molecular formula is C11H15N5. The lowest BCUT2D eigenvalue weighted by atomic mass is 10.1. The summed E-state index contributed by atoms with van der Waals surface area (Å²) in [4.78, 5) is 11.6. The summed E-state index contributed by atoms with van der Waals surface area (Å²) in [5.74, 6) is 0.943. The standard InChI is InChI=1S/C11H15N5/c1-4-12-5-2-8(1)16-11-9-3-6-13-10(9)14-7-15-11/h3,6-8,12H,1-2,4-5H2,(H2,13,14,15,16). The van der Waals surface area contributed by atoms with Gasteiger partial charge in [0.1, 0.15) is 17.8 Å². The van der Waals surface area contributed by atoms with Crippen molar-refractivity contribution in [1.82, 2.24) is 20.3 Å². The van der Waals surface area contributed by atoms with Crippen LogP contribution in [0.25, 0.3) is 11.0 Å². The zero-order chi connectivity index (χ0) is 10.8. The molecule has 2 aromatic rings. The van der Waals surface area contributed by atoms with Crippen LogP contribution in [-0.2, 0) is 0 Å². The van der Waals surface area contributed by atoms with E-state index in [-0.39, 0.29) is 0 Å². The van der Waals surface area contributed by atoms with Gasteiger partial charge in [-0.15, -0.1) is 0 Å². The third-order valence-electron chi connectivity index (χ3n) is 3.03. The number of aromatic amines is 1. The van der Waals surface area contributed by atoms with E-state index in [0.717, 1.165) is 42.8 Å². The molecular weight excluding hydrogens is 202 g/mol. The number of nitrogens with zero attached hydrogens (tertiary/aromatic N) is 2. The Hall–Kier alpha value is -1.62. The van der Waals surface area contributed by atoms with Gasteiger partial charge in [0, 0.05) is 12.2 Å². The van der Waals surface area contributed by atoms with Crippen LogP contribution in [0.15, 0.2) is 18.6 Å². The van der Waals surface area contributed by atoms with Crippen LogP contribution in [0, 0.1) is 0 Å². The van der Waals surface area contributed by atoms with Crippen molar-refractivity contribution in [3.8, 4) is 0 Å². The van der Waals surface area contributed by atoms with Crippen LogP contribution in [0.1, 0.15) is 12.8 Å². The van der Waals surface area contributed by atoms with Crippen molar-refractivity contribution in [1.29, 1.82) is 0 Å². The highest BCUT2D eigenvalue weighted by Gasteiger charge is 2.14. The van der Waals surface area contributed by atoms with E-state index in [2.05, 4.69) is 25.6 Å². The summed E-state index contributed by atoms with van der Waals surface area (Å²) >= 11 is 0. The van der Waals surface area contributed by atoms with E-state index in [1.807, 2.05) is 12.3 Å². The number of anilines is 1. The van der Waals surface area contributed by atoms with E-state index in [9.17, 15) is 0 Å². The number of hydrogen-bond acceptors (Lipinski definition) is 4. The molecule has 3 N–H and O–H groups in total. The van der Waals surface area contributed by atoms with Gasteiger partial charge in [-0.25, -0.2) is 9.97 Å². The van der Waals surface area contributed by atoms with Gasteiger partial charge in [0.15, 0.2) is 0 Å². The fraction of sp³-hybridized carbons (Fsp3) is 0.455. The van der Waals surface area contributed by atoms with Crippen molar-refractivity contribution in [3.63, 3.8) is 0 Å². The Balaban J connectivity index is 1.85. The maximum Gasteiger partial charge on any atom is 0.142 e. The SMILES string of the molecule is c1nc(NC2CCNCC2)c2cc[nH]c2n1. The first-order valence-electron chi connectivity index (χ1n) is 5.69.